The zero-order chi connectivity index (χ0) is 19.6. The number of nitrogens with one attached hydrogen (secondary N) is 1. The van der Waals surface area contributed by atoms with E-state index in [1.807, 2.05) is 6.92 Å². The van der Waals surface area contributed by atoms with E-state index < -0.39 is 17.8 Å². The van der Waals surface area contributed by atoms with Gasteiger partial charge in [0.05, 0.1) is 22.3 Å². The summed E-state index contributed by atoms with van der Waals surface area (Å²) in [6, 6.07) is 10.3. The molecule has 138 valence electrons. The minimum Gasteiger partial charge on any atom is -0.494 e. The summed E-state index contributed by atoms with van der Waals surface area (Å²) in [4.78, 5) is 38.0. The van der Waals surface area contributed by atoms with Crippen LogP contribution < -0.4 is 15.0 Å². The number of amides is 4. The lowest BCUT2D eigenvalue weighted by atomic mass is 10.1. The number of barbiturate groups is 1. The molecule has 0 aromatic heterocycles. The molecule has 2 aromatic carbocycles. The van der Waals surface area contributed by atoms with Crippen molar-refractivity contribution in [3.8, 4) is 5.75 Å². The molecule has 1 aliphatic rings. The van der Waals surface area contributed by atoms with Crippen LogP contribution in [0.4, 0.5) is 10.5 Å². The van der Waals surface area contributed by atoms with Crippen LogP contribution in [-0.4, -0.2) is 24.5 Å². The molecule has 0 aliphatic carbocycles. The average molecular weight is 405 g/mol. The monoisotopic (exact) mass is 404 g/mol. The molecule has 1 heterocycles. The van der Waals surface area contributed by atoms with Crippen molar-refractivity contribution in [2.75, 3.05) is 11.5 Å². The number of urea groups is 1. The van der Waals surface area contributed by atoms with Gasteiger partial charge >= 0.3 is 6.03 Å². The van der Waals surface area contributed by atoms with Crippen LogP contribution in [-0.2, 0) is 9.59 Å². The van der Waals surface area contributed by atoms with Gasteiger partial charge in [0.2, 0.25) is 0 Å². The Morgan fingerprint density at radius 3 is 2.37 bits per heavy atom. The summed E-state index contributed by atoms with van der Waals surface area (Å²) in [6.07, 6.45) is 1.41. The molecule has 6 nitrogen and oxygen atoms in total. The molecule has 2 aromatic rings. The largest absolute Gasteiger partial charge is 0.494 e. The molecule has 0 bridgehead atoms. The molecule has 1 fully saturated rings. The first kappa shape index (κ1) is 18.9. The van der Waals surface area contributed by atoms with E-state index in [0.717, 1.165) is 4.90 Å². The third-order valence-electron chi connectivity index (χ3n) is 3.77. The zero-order valence-corrected chi connectivity index (χ0v) is 15.7. The Kier molecular flexibility index (Phi) is 5.48. The number of anilines is 1. The quantitative estimate of drug-likeness (QED) is 0.615. The number of hydrogen-bond acceptors (Lipinski definition) is 4. The van der Waals surface area contributed by atoms with Crippen LogP contribution in [0.25, 0.3) is 6.08 Å². The van der Waals surface area contributed by atoms with Gasteiger partial charge in [0, 0.05) is 0 Å². The van der Waals surface area contributed by atoms with Gasteiger partial charge in [-0.3, -0.25) is 14.9 Å². The van der Waals surface area contributed by atoms with E-state index in [1.165, 1.54) is 24.3 Å². The number of rotatable bonds is 4. The minimum atomic E-state index is -0.854. The smallest absolute Gasteiger partial charge is 0.335 e. The van der Waals surface area contributed by atoms with E-state index in [1.54, 1.807) is 24.3 Å². The van der Waals surface area contributed by atoms with E-state index in [-0.39, 0.29) is 21.3 Å². The molecular formula is C19H14Cl2N2O4. The van der Waals surface area contributed by atoms with Crippen molar-refractivity contribution in [3.63, 3.8) is 0 Å². The van der Waals surface area contributed by atoms with E-state index >= 15 is 0 Å². The molecule has 1 saturated heterocycles. The molecule has 0 spiro atoms. The van der Waals surface area contributed by atoms with Gasteiger partial charge in [-0.1, -0.05) is 35.3 Å². The Morgan fingerprint density at radius 1 is 1.04 bits per heavy atom. The maximum Gasteiger partial charge on any atom is 0.335 e. The van der Waals surface area contributed by atoms with Crippen LogP contribution in [0.1, 0.15) is 12.5 Å². The Hall–Kier alpha value is -2.83. The molecule has 27 heavy (non-hydrogen) atoms. The lowest BCUT2D eigenvalue weighted by molar-refractivity contribution is -0.122. The van der Waals surface area contributed by atoms with Crippen LogP contribution in [0.3, 0.4) is 0 Å². The third kappa shape index (κ3) is 3.97. The number of carbonyl (C=O) groups excluding carboxylic acids is 3. The highest BCUT2D eigenvalue weighted by molar-refractivity contribution is 6.43. The molecule has 3 rings (SSSR count). The van der Waals surface area contributed by atoms with Crippen LogP contribution >= 0.6 is 23.2 Å². The number of hydrogen-bond donors (Lipinski definition) is 1. The second-order valence-corrected chi connectivity index (χ2v) is 6.37. The van der Waals surface area contributed by atoms with Crippen molar-refractivity contribution in [1.82, 2.24) is 5.32 Å². The number of imide groups is 2. The number of carbonyl (C=O) groups is 3. The molecular weight excluding hydrogens is 391 g/mol. The van der Waals surface area contributed by atoms with Crippen molar-refractivity contribution in [1.29, 1.82) is 0 Å². The van der Waals surface area contributed by atoms with Crippen LogP contribution in [0.15, 0.2) is 48.0 Å². The minimum absolute atomic E-state index is 0.176. The van der Waals surface area contributed by atoms with Crippen LogP contribution in [0.5, 0.6) is 5.75 Å². The Morgan fingerprint density at radius 2 is 1.74 bits per heavy atom. The summed E-state index contributed by atoms with van der Waals surface area (Å²) in [5.41, 5.74) is 0.641. The van der Waals surface area contributed by atoms with E-state index in [2.05, 4.69) is 5.32 Å². The lowest BCUT2D eigenvalue weighted by Crippen LogP contribution is -2.54. The first-order valence-corrected chi connectivity index (χ1v) is 8.75. The molecule has 1 aliphatic heterocycles. The van der Waals surface area contributed by atoms with Crippen LogP contribution in [0, 0.1) is 0 Å². The topological polar surface area (TPSA) is 75.7 Å². The normalized spacial score (nSPS) is 15.9. The summed E-state index contributed by atoms with van der Waals surface area (Å²) in [5, 5.41) is 2.62. The van der Waals surface area contributed by atoms with Crippen molar-refractivity contribution in [3.05, 3.63) is 63.6 Å². The second-order valence-electron chi connectivity index (χ2n) is 5.56. The summed E-state index contributed by atoms with van der Waals surface area (Å²) >= 11 is 11.8. The molecule has 0 saturated carbocycles. The van der Waals surface area contributed by atoms with Gasteiger partial charge in [-0.25, -0.2) is 9.69 Å². The Bertz CT molecular complexity index is 955. The first-order chi connectivity index (χ1) is 12.9. The highest BCUT2D eigenvalue weighted by Crippen LogP contribution is 2.29. The van der Waals surface area contributed by atoms with Gasteiger partial charge in [-0.2, -0.15) is 0 Å². The molecule has 0 atom stereocenters. The van der Waals surface area contributed by atoms with Gasteiger partial charge in [-0.05, 0) is 48.9 Å². The molecule has 0 unspecified atom stereocenters. The van der Waals surface area contributed by atoms with Crippen molar-refractivity contribution >= 4 is 52.8 Å². The zero-order valence-electron chi connectivity index (χ0n) is 14.2. The standard InChI is InChI=1S/C19H14Cl2N2O4/c1-2-27-13-6-3-11(4-7-13)9-14-17(24)22-19(26)23(18(14)25)12-5-8-15(20)16(21)10-12/h3-10H,2H2,1H3,(H,22,24,26)/b14-9+. The predicted octanol–water partition coefficient (Wildman–Crippen LogP) is 4.06. The van der Waals surface area contributed by atoms with Gasteiger partial charge in [0.15, 0.2) is 0 Å². The van der Waals surface area contributed by atoms with Crippen molar-refractivity contribution in [2.24, 2.45) is 0 Å². The molecule has 8 heteroatoms. The lowest BCUT2D eigenvalue weighted by Gasteiger charge is -2.26. The number of halogens is 2. The van der Waals surface area contributed by atoms with Crippen molar-refractivity contribution < 1.29 is 19.1 Å². The maximum absolute atomic E-state index is 12.8. The highest BCUT2D eigenvalue weighted by atomic mass is 35.5. The third-order valence-corrected chi connectivity index (χ3v) is 4.50. The van der Waals surface area contributed by atoms with Gasteiger partial charge in [-0.15, -0.1) is 0 Å². The fourth-order valence-electron chi connectivity index (χ4n) is 2.51. The molecule has 1 N–H and O–H groups in total. The Labute approximate surface area is 165 Å². The molecule has 4 amide bonds. The summed E-state index contributed by atoms with van der Waals surface area (Å²) in [7, 11) is 0. The fourth-order valence-corrected chi connectivity index (χ4v) is 2.80. The summed E-state index contributed by atoms with van der Waals surface area (Å²) in [5.74, 6) is -0.849. The van der Waals surface area contributed by atoms with E-state index in [9.17, 15) is 14.4 Å². The van der Waals surface area contributed by atoms with Crippen LogP contribution in [0.2, 0.25) is 10.0 Å². The fraction of sp³-hybridized carbons (Fsp3) is 0.105. The number of ether oxygens (including phenoxy) is 1. The van der Waals surface area contributed by atoms with Gasteiger partial charge < -0.3 is 4.74 Å². The summed E-state index contributed by atoms with van der Waals surface area (Å²) < 4.78 is 5.36. The van der Waals surface area contributed by atoms with E-state index in [4.69, 9.17) is 27.9 Å². The predicted molar refractivity (Wildman–Crippen MR) is 103 cm³/mol. The van der Waals surface area contributed by atoms with Gasteiger partial charge in [0.1, 0.15) is 11.3 Å². The number of benzene rings is 2. The molecule has 0 radical (unpaired) electrons. The van der Waals surface area contributed by atoms with E-state index in [0.29, 0.717) is 17.9 Å². The number of nitrogens with zero attached hydrogens (tertiary/aromatic N) is 1. The average Bonchev–Trinajstić information content (AvgIpc) is 2.63. The SMILES string of the molecule is CCOc1ccc(/C=C2\C(=O)NC(=O)N(c3ccc(Cl)c(Cl)c3)C2=O)cc1. The van der Waals surface area contributed by atoms with Gasteiger partial charge in [0.25, 0.3) is 11.8 Å². The highest BCUT2D eigenvalue weighted by Gasteiger charge is 2.36. The second kappa shape index (κ2) is 7.82. The maximum atomic E-state index is 12.8. The van der Waals surface area contributed by atoms with Crippen molar-refractivity contribution in [2.45, 2.75) is 6.92 Å². The summed E-state index contributed by atoms with van der Waals surface area (Å²) in [6.45, 7) is 2.40. The Balaban J connectivity index is 1.95. The first-order valence-electron chi connectivity index (χ1n) is 8.00.